The number of thiophene rings is 1. The summed E-state index contributed by atoms with van der Waals surface area (Å²) < 4.78 is 1.37. The number of rotatable bonds is 6. The van der Waals surface area contributed by atoms with Gasteiger partial charge in [-0.1, -0.05) is 50.3 Å². The minimum atomic E-state index is -0.116. The molecule has 1 aromatic heterocycles. The fraction of sp³-hybridized carbons (Fsp3) is 0.333. The van der Waals surface area contributed by atoms with Crippen LogP contribution in [-0.4, -0.2) is 0 Å². The lowest BCUT2D eigenvalue weighted by Crippen LogP contribution is -2.09. The number of hydrogen-bond acceptors (Lipinski definition) is 1. The number of hydrogen-bond donors (Lipinski definition) is 0. The van der Waals surface area contributed by atoms with Crippen LogP contribution in [0, 0.1) is 27.7 Å². The monoisotopic (exact) mass is 503 g/mol. The average Bonchev–Trinajstić information content (AvgIpc) is 3.13. The number of allylic oxidation sites excluding steroid dienone is 7. The fourth-order valence-corrected chi connectivity index (χ4v) is 7.69. The Morgan fingerprint density at radius 1 is 0.800 bits per heavy atom. The molecule has 2 aromatic carbocycles. The molecular formula is C33H43S2+. The van der Waals surface area contributed by atoms with E-state index >= 15 is 0 Å². The van der Waals surface area contributed by atoms with Crippen LogP contribution in [0.1, 0.15) is 75.6 Å². The van der Waals surface area contributed by atoms with Crippen molar-refractivity contribution in [1.29, 1.82) is 0 Å². The highest BCUT2D eigenvalue weighted by molar-refractivity contribution is 8.04. The summed E-state index contributed by atoms with van der Waals surface area (Å²) in [5.74, 6) is 0. The van der Waals surface area contributed by atoms with Crippen LogP contribution in [-0.2, 0) is 10.9 Å². The lowest BCUT2D eigenvalue weighted by atomic mass is 10.1. The van der Waals surface area contributed by atoms with Crippen molar-refractivity contribution in [3.63, 3.8) is 0 Å². The molecule has 0 nitrogen and oxygen atoms in total. The van der Waals surface area contributed by atoms with Gasteiger partial charge in [-0.15, -0.1) is 11.3 Å². The van der Waals surface area contributed by atoms with Crippen LogP contribution >= 0.6 is 11.3 Å². The van der Waals surface area contributed by atoms with Crippen molar-refractivity contribution in [2.75, 3.05) is 0 Å². The van der Waals surface area contributed by atoms with Crippen molar-refractivity contribution >= 4 is 38.4 Å². The Bertz CT molecular complexity index is 1290. The van der Waals surface area contributed by atoms with Gasteiger partial charge in [0.25, 0.3) is 0 Å². The Balaban J connectivity index is 0.00000210. The molecule has 0 amide bonds. The van der Waals surface area contributed by atoms with Gasteiger partial charge in [0.2, 0.25) is 0 Å². The summed E-state index contributed by atoms with van der Waals surface area (Å²) in [5.41, 5.74) is 8.12. The Morgan fingerprint density at radius 3 is 2.09 bits per heavy atom. The lowest BCUT2D eigenvalue weighted by Gasteiger charge is -2.14. The number of benzene rings is 2. The van der Waals surface area contributed by atoms with Crippen LogP contribution < -0.4 is 0 Å². The highest BCUT2D eigenvalue weighted by Crippen LogP contribution is 2.38. The first-order valence-corrected chi connectivity index (χ1v) is 14.6. The van der Waals surface area contributed by atoms with Crippen molar-refractivity contribution in [2.45, 2.75) is 81.1 Å². The first-order chi connectivity index (χ1) is 16.6. The van der Waals surface area contributed by atoms with Crippen LogP contribution in [0.3, 0.4) is 0 Å². The molecule has 1 unspecified atom stereocenters. The van der Waals surface area contributed by atoms with Gasteiger partial charge >= 0.3 is 0 Å². The normalized spacial score (nSPS) is 14.1. The molecule has 3 rings (SSSR count). The molecule has 0 N–H and O–H groups in total. The van der Waals surface area contributed by atoms with Gasteiger partial charge in [-0.25, -0.2) is 0 Å². The maximum absolute atomic E-state index is 2.45. The van der Waals surface area contributed by atoms with E-state index in [4.69, 9.17) is 0 Å². The second-order valence-electron chi connectivity index (χ2n) is 8.95. The molecule has 1 atom stereocenters. The third-order valence-electron chi connectivity index (χ3n) is 6.28. The van der Waals surface area contributed by atoms with Crippen molar-refractivity contribution in [1.82, 2.24) is 0 Å². The summed E-state index contributed by atoms with van der Waals surface area (Å²) in [5, 5.41) is 1.36. The van der Waals surface area contributed by atoms with E-state index in [0.29, 0.717) is 0 Å². The van der Waals surface area contributed by atoms with Gasteiger partial charge in [0.15, 0.2) is 4.90 Å². The maximum Gasteiger partial charge on any atom is 0.169 e. The van der Waals surface area contributed by atoms with Gasteiger partial charge in [-0.2, -0.15) is 0 Å². The minimum absolute atomic E-state index is 0.116. The molecule has 0 fully saturated rings. The predicted molar refractivity (Wildman–Crippen MR) is 165 cm³/mol. The standard InChI is InChI=1S/C31H37S2.C2H6/c1-10-13-20(2)22(4)17-25(7)33(31-18-23(5)21(3)16-24(31)6)26(8)19-29-27(9)32-30-15-12-11-14-28(29)30;1-2/h10-19H,1-9H3;1-2H3/q+1;/b13-10+,22-20-,25-17+,26-19+;. The molecule has 0 aliphatic carbocycles. The van der Waals surface area contributed by atoms with Gasteiger partial charge in [-0.05, 0) is 95.0 Å². The molecule has 0 aliphatic rings. The molecule has 2 heteroatoms. The quantitative estimate of drug-likeness (QED) is 0.232. The van der Waals surface area contributed by atoms with Crippen LogP contribution in [0.15, 0.2) is 80.5 Å². The Kier molecular flexibility index (Phi) is 10.9. The second kappa shape index (κ2) is 13.1. The summed E-state index contributed by atoms with van der Waals surface area (Å²) >= 11 is 1.89. The van der Waals surface area contributed by atoms with Crippen molar-refractivity contribution in [3.8, 4) is 0 Å². The maximum atomic E-state index is 2.45. The molecule has 3 aromatic rings. The van der Waals surface area contributed by atoms with E-state index < -0.39 is 0 Å². The second-order valence-corrected chi connectivity index (χ2v) is 12.5. The van der Waals surface area contributed by atoms with Crippen molar-refractivity contribution in [3.05, 3.63) is 103 Å². The molecule has 0 radical (unpaired) electrons. The summed E-state index contributed by atoms with van der Waals surface area (Å²) in [6, 6.07) is 13.5. The highest BCUT2D eigenvalue weighted by atomic mass is 32.2. The van der Waals surface area contributed by atoms with Crippen LogP contribution in [0.2, 0.25) is 0 Å². The highest BCUT2D eigenvalue weighted by Gasteiger charge is 2.31. The Labute approximate surface area is 221 Å². The first kappa shape index (κ1) is 28.9. The fourth-order valence-electron chi connectivity index (χ4n) is 4.24. The first-order valence-electron chi connectivity index (χ1n) is 12.6. The molecule has 0 saturated carbocycles. The minimum Gasteiger partial charge on any atom is -0.140 e. The molecule has 0 spiro atoms. The third-order valence-corrected chi connectivity index (χ3v) is 9.79. The molecule has 1 heterocycles. The summed E-state index contributed by atoms with van der Waals surface area (Å²) in [6.45, 7) is 24.1. The van der Waals surface area contributed by atoms with Gasteiger partial charge in [0.1, 0.15) is 9.81 Å². The topological polar surface area (TPSA) is 0 Å². The Hall–Kier alpha value is -2.29. The van der Waals surface area contributed by atoms with Crippen LogP contribution in [0.25, 0.3) is 16.2 Å². The van der Waals surface area contributed by atoms with E-state index in [1.54, 1.807) is 0 Å². The van der Waals surface area contributed by atoms with Crippen LogP contribution in [0.5, 0.6) is 0 Å². The average molecular weight is 504 g/mol. The summed E-state index contributed by atoms with van der Waals surface area (Å²) in [4.78, 5) is 5.65. The zero-order chi connectivity index (χ0) is 26.3. The summed E-state index contributed by atoms with van der Waals surface area (Å²) in [7, 11) is -0.116. The molecule has 0 aliphatic heterocycles. The van der Waals surface area contributed by atoms with E-state index in [2.05, 4.69) is 123 Å². The Morgan fingerprint density at radius 2 is 1.43 bits per heavy atom. The van der Waals surface area contributed by atoms with Crippen LogP contribution in [0.4, 0.5) is 0 Å². The molecular weight excluding hydrogens is 460 g/mol. The molecule has 0 bridgehead atoms. The van der Waals surface area contributed by atoms with E-state index in [1.807, 2.05) is 25.2 Å². The van der Waals surface area contributed by atoms with Gasteiger partial charge < -0.3 is 0 Å². The predicted octanol–water partition coefficient (Wildman–Crippen LogP) is 11.0. The lowest BCUT2D eigenvalue weighted by molar-refractivity contribution is 1.20. The van der Waals surface area contributed by atoms with Crippen molar-refractivity contribution in [2.24, 2.45) is 0 Å². The number of fused-ring (bicyclic) bond motifs is 1. The van der Waals surface area contributed by atoms with Gasteiger partial charge in [0, 0.05) is 39.9 Å². The van der Waals surface area contributed by atoms with Crippen molar-refractivity contribution < 1.29 is 0 Å². The molecule has 186 valence electrons. The largest absolute Gasteiger partial charge is 0.169 e. The number of aryl methyl sites for hydroxylation is 4. The zero-order valence-corrected chi connectivity index (χ0v) is 25.2. The SMILES string of the molecule is C/C=C/C(C)=C(C)\C=C(/C)[S+](/C(C)=C/c1c(C)sc2ccccc12)c1cc(C)c(C)cc1C.CC. The van der Waals surface area contributed by atoms with Gasteiger partial charge in [-0.3, -0.25) is 0 Å². The van der Waals surface area contributed by atoms with E-state index in [1.165, 1.54) is 63.1 Å². The van der Waals surface area contributed by atoms with E-state index in [9.17, 15) is 0 Å². The molecule has 35 heavy (non-hydrogen) atoms. The smallest absolute Gasteiger partial charge is 0.140 e. The van der Waals surface area contributed by atoms with Gasteiger partial charge in [0.05, 0.1) is 10.9 Å². The zero-order valence-electron chi connectivity index (χ0n) is 23.6. The third kappa shape index (κ3) is 6.90. The van der Waals surface area contributed by atoms with E-state index in [0.717, 1.165) is 0 Å². The van der Waals surface area contributed by atoms with E-state index in [-0.39, 0.29) is 10.9 Å². The summed E-state index contributed by atoms with van der Waals surface area (Å²) in [6.07, 6.45) is 9.15. The molecule has 0 saturated heterocycles.